The van der Waals surface area contributed by atoms with E-state index in [9.17, 15) is 4.79 Å². The molecule has 1 saturated heterocycles. The largest absolute Gasteiger partial charge is 0.368 e. The molecule has 9 nitrogen and oxygen atoms in total. The number of carbonyl (C=O) groups excluding carboxylic acids is 1. The molecule has 0 bridgehead atoms. The molecule has 1 fully saturated rings. The van der Waals surface area contributed by atoms with Crippen LogP contribution in [-0.4, -0.2) is 57.6 Å². The molecule has 1 aromatic carbocycles. The lowest BCUT2D eigenvalue weighted by Gasteiger charge is -2.35. The zero-order valence-electron chi connectivity index (χ0n) is 13.8. The van der Waals surface area contributed by atoms with E-state index >= 15 is 0 Å². The average molecular weight is 338 g/mol. The van der Waals surface area contributed by atoms with Gasteiger partial charge in [-0.25, -0.2) is 0 Å². The third-order valence-corrected chi connectivity index (χ3v) is 4.05. The zero-order valence-corrected chi connectivity index (χ0v) is 13.8. The Morgan fingerprint density at radius 1 is 1.28 bits per heavy atom. The van der Waals surface area contributed by atoms with Crippen molar-refractivity contribution in [1.82, 2.24) is 25.5 Å². The molecular formula is C16H18N8O. The van der Waals surface area contributed by atoms with Crippen molar-refractivity contribution < 1.29 is 4.79 Å². The number of tetrazole rings is 1. The van der Waals surface area contributed by atoms with Crippen molar-refractivity contribution in [2.24, 2.45) is 0 Å². The summed E-state index contributed by atoms with van der Waals surface area (Å²) in [6, 6.07) is 9.93. The lowest BCUT2D eigenvalue weighted by molar-refractivity contribution is -0.129. The molecule has 1 aliphatic heterocycles. The van der Waals surface area contributed by atoms with Gasteiger partial charge < -0.3 is 15.1 Å². The number of piperazine rings is 1. The van der Waals surface area contributed by atoms with Gasteiger partial charge in [0.15, 0.2) is 0 Å². The fraction of sp³-hybridized carbons (Fsp3) is 0.312. The van der Waals surface area contributed by atoms with E-state index in [0.717, 1.165) is 37.6 Å². The number of nitrogens with one attached hydrogen (secondary N) is 2. The number of rotatable bonds is 4. The third-order valence-electron chi connectivity index (χ3n) is 4.05. The van der Waals surface area contributed by atoms with Crippen LogP contribution in [0.1, 0.15) is 12.7 Å². The van der Waals surface area contributed by atoms with Gasteiger partial charge in [-0.2, -0.15) is 10.5 Å². The van der Waals surface area contributed by atoms with Gasteiger partial charge in [-0.15, -0.1) is 10.2 Å². The monoisotopic (exact) mass is 338 g/mol. The van der Waals surface area contributed by atoms with Gasteiger partial charge in [0.25, 0.3) is 0 Å². The van der Waals surface area contributed by atoms with Crippen LogP contribution in [0.2, 0.25) is 0 Å². The van der Waals surface area contributed by atoms with Crippen LogP contribution < -0.4 is 10.2 Å². The summed E-state index contributed by atoms with van der Waals surface area (Å²) in [6.07, 6.45) is 1.55. The number of H-pyrrole nitrogens is 1. The third kappa shape index (κ3) is 3.92. The molecule has 128 valence electrons. The SMILES string of the molecule is CC(=O)N1CCN(c2ccc(NC=C(C#N)c3nn[nH]n3)cc2)CC1. The summed E-state index contributed by atoms with van der Waals surface area (Å²) >= 11 is 0. The molecule has 0 aliphatic carbocycles. The number of hydrogen-bond acceptors (Lipinski definition) is 7. The van der Waals surface area contributed by atoms with Crippen molar-refractivity contribution in [3.05, 3.63) is 36.3 Å². The van der Waals surface area contributed by atoms with E-state index in [1.165, 1.54) is 0 Å². The second-order valence-electron chi connectivity index (χ2n) is 5.59. The Labute approximate surface area is 144 Å². The van der Waals surface area contributed by atoms with E-state index in [4.69, 9.17) is 5.26 Å². The minimum Gasteiger partial charge on any atom is -0.368 e. The summed E-state index contributed by atoms with van der Waals surface area (Å²) in [7, 11) is 0. The molecule has 1 aliphatic rings. The van der Waals surface area contributed by atoms with Gasteiger partial charge in [-0.1, -0.05) is 0 Å². The quantitative estimate of drug-likeness (QED) is 0.794. The van der Waals surface area contributed by atoms with Crippen molar-refractivity contribution in [1.29, 1.82) is 5.26 Å². The Kier molecular flexibility index (Phi) is 4.89. The number of nitriles is 1. The van der Waals surface area contributed by atoms with Gasteiger partial charge in [0.2, 0.25) is 11.7 Å². The van der Waals surface area contributed by atoms with E-state index < -0.39 is 0 Å². The van der Waals surface area contributed by atoms with Crippen LogP contribution in [0, 0.1) is 11.3 Å². The second-order valence-corrected chi connectivity index (χ2v) is 5.59. The van der Waals surface area contributed by atoms with Gasteiger partial charge >= 0.3 is 0 Å². The molecular weight excluding hydrogens is 320 g/mol. The Morgan fingerprint density at radius 2 is 2.00 bits per heavy atom. The molecule has 0 unspecified atom stereocenters. The molecule has 2 N–H and O–H groups in total. The van der Waals surface area contributed by atoms with Crippen LogP contribution >= 0.6 is 0 Å². The Morgan fingerprint density at radius 3 is 2.56 bits per heavy atom. The minimum absolute atomic E-state index is 0.126. The van der Waals surface area contributed by atoms with Crippen molar-refractivity contribution in [2.75, 3.05) is 36.4 Å². The lowest BCUT2D eigenvalue weighted by Crippen LogP contribution is -2.48. The normalized spacial score (nSPS) is 15.0. The highest BCUT2D eigenvalue weighted by Crippen LogP contribution is 2.20. The van der Waals surface area contributed by atoms with Crippen LogP contribution in [0.4, 0.5) is 11.4 Å². The first-order valence-corrected chi connectivity index (χ1v) is 7.88. The summed E-state index contributed by atoms with van der Waals surface area (Å²) < 4.78 is 0. The van der Waals surface area contributed by atoms with Crippen molar-refractivity contribution in [3.8, 4) is 6.07 Å². The van der Waals surface area contributed by atoms with Gasteiger partial charge in [-0.3, -0.25) is 4.79 Å². The highest BCUT2D eigenvalue weighted by molar-refractivity contribution is 5.74. The zero-order chi connectivity index (χ0) is 17.6. The molecule has 2 aromatic rings. The molecule has 25 heavy (non-hydrogen) atoms. The summed E-state index contributed by atoms with van der Waals surface area (Å²) in [4.78, 5) is 15.5. The van der Waals surface area contributed by atoms with Gasteiger partial charge in [0.1, 0.15) is 11.6 Å². The predicted molar refractivity (Wildman–Crippen MR) is 92.3 cm³/mol. The highest BCUT2D eigenvalue weighted by atomic mass is 16.2. The van der Waals surface area contributed by atoms with Gasteiger partial charge in [0, 0.05) is 50.7 Å². The molecule has 0 saturated carbocycles. The Balaban J connectivity index is 1.61. The molecule has 9 heteroatoms. The number of carbonyl (C=O) groups is 1. The van der Waals surface area contributed by atoms with E-state index in [1.54, 1.807) is 13.1 Å². The van der Waals surface area contributed by atoms with Crippen LogP contribution in [0.15, 0.2) is 30.5 Å². The number of anilines is 2. The molecule has 3 rings (SSSR count). The fourth-order valence-electron chi connectivity index (χ4n) is 2.63. The summed E-state index contributed by atoms with van der Waals surface area (Å²) in [5, 5.41) is 25.5. The van der Waals surface area contributed by atoms with Gasteiger partial charge in [0.05, 0.1) is 0 Å². The number of benzene rings is 1. The minimum atomic E-state index is 0.126. The smallest absolute Gasteiger partial charge is 0.219 e. The molecule has 0 atom stereocenters. The summed E-state index contributed by atoms with van der Waals surface area (Å²) in [6.45, 7) is 4.74. The van der Waals surface area contributed by atoms with Crippen LogP contribution in [-0.2, 0) is 4.79 Å². The number of nitrogens with zero attached hydrogens (tertiary/aromatic N) is 6. The maximum Gasteiger partial charge on any atom is 0.219 e. The fourth-order valence-corrected chi connectivity index (χ4v) is 2.63. The molecule has 0 radical (unpaired) electrons. The number of hydrogen-bond donors (Lipinski definition) is 2. The highest BCUT2D eigenvalue weighted by Gasteiger charge is 2.18. The number of amides is 1. The van der Waals surface area contributed by atoms with E-state index in [-0.39, 0.29) is 17.3 Å². The predicted octanol–water partition coefficient (Wildman–Crippen LogP) is 0.845. The first-order valence-electron chi connectivity index (χ1n) is 7.88. The van der Waals surface area contributed by atoms with E-state index in [1.807, 2.05) is 35.2 Å². The van der Waals surface area contributed by atoms with Crippen LogP contribution in [0.5, 0.6) is 0 Å². The average Bonchev–Trinajstić information content (AvgIpc) is 3.17. The Hall–Kier alpha value is -3.41. The number of aromatic amines is 1. The van der Waals surface area contributed by atoms with Crippen LogP contribution in [0.3, 0.4) is 0 Å². The first kappa shape index (κ1) is 16.4. The maximum atomic E-state index is 11.4. The molecule has 1 amide bonds. The molecule has 2 heterocycles. The summed E-state index contributed by atoms with van der Waals surface area (Å²) in [5.74, 6) is 0.371. The standard InChI is InChI=1S/C16H18N8O/c1-12(25)23-6-8-24(9-7-23)15-4-2-14(3-5-15)18-11-13(10-17)16-19-21-22-20-16/h2-5,11,18H,6-9H2,1H3,(H,19,20,21,22). The number of allylic oxidation sites excluding steroid dienone is 1. The first-order chi connectivity index (χ1) is 12.2. The summed E-state index contributed by atoms with van der Waals surface area (Å²) in [5.41, 5.74) is 2.25. The van der Waals surface area contributed by atoms with Crippen LogP contribution in [0.25, 0.3) is 5.57 Å². The van der Waals surface area contributed by atoms with Gasteiger partial charge in [-0.05, 0) is 29.5 Å². The number of aromatic nitrogens is 4. The molecule has 0 spiro atoms. The lowest BCUT2D eigenvalue weighted by atomic mass is 10.2. The molecule has 1 aromatic heterocycles. The topological polar surface area (TPSA) is 114 Å². The van der Waals surface area contributed by atoms with E-state index in [0.29, 0.717) is 0 Å². The second kappa shape index (κ2) is 7.44. The van der Waals surface area contributed by atoms with Crippen molar-refractivity contribution >= 4 is 22.9 Å². The van der Waals surface area contributed by atoms with Crippen molar-refractivity contribution in [3.63, 3.8) is 0 Å². The van der Waals surface area contributed by atoms with Crippen molar-refractivity contribution in [2.45, 2.75) is 6.92 Å². The maximum absolute atomic E-state index is 11.4. The Bertz CT molecular complexity index is 783. The van der Waals surface area contributed by atoms with E-state index in [2.05, 4.69) is 30.8 Å².